The third-order valence-corrected chi connectivity index (χ3v) is 5.94. The van der Waals surface area contributed by atoms with Gasteiger partial charge in [-0.05, 0) is 43.0 Å². The largest absolute Gasteiger partial charge is 0.377 e. The fourth-order valence-corrected chi connectivity index (χ4v) is 4.12. The molecule has 3 rings (SSSR count). The van der Waals surface area contributed by atoms with Crippen molar-refractivity contribution in [2.45, 2.75) is 43.9 Å². The highest BCUT2D eigenvalue weighted by Gasteiger charge is 2.20. The first-order valence-electron chi connectivity index (χ1n) is 8.99. The van der Waals surface area contributed by atoms with Crippen molar-refractivity contribution >= 4 is 10.0 Å². The molecule has 0 spiro atoms. The van der Waals surface area contributed by atoms with Crippen LogP contribution in [0.1, 0.15) is 29.5 Å². The van der Waals surface area contributed by atoms with Crippen molar-refractivity contribution in [1.82, 2.24) is 10.0 Å². The molecule has 2 aromatic carbocycles. The number of sulfonamides is 1. The Bertz CT molecular complexity index is 813. The van der Waals surface area contributed by atoms with E-state index in [1.807, 2.05) is 12.1 Å². The number of hydrogen-bond acceptors (Lipinski definition) is 4. The lowest BCUT2D eigenvalue weighted by Gasteiger charge is -2.12. The Hall–Kier alpha value is -1.73. The Morgan fingerprint density at radius 3 is 2.54 bits per heavy atom. The average molecular weight is 375 g/mol. The molecule has 1 unspecified atom stereocenters. The molecule has 0 aliphatic carbocycles. The van der Waals surface area contributed by atoms with Gasteiger partial charge in [-0.15, -0.1) is 0 Å². The van der Waals surface area contributed by atoms with Gasteiger partial charge in [-0.1, -0.05) is 42.0 Å². The summed E-state index contributed by atoms with van der Waals surface area (Å²) in [5.74, 6) is 0. The second-order valence-electron chi connectivity index (χ2n) is 6.72. The molecule has 1 fully saturated rings. The molecule has 2 N–H and O–H groups in total. The summed E-state index contributed by atoms with van der Waals surface area (Å²) in [6, 6.07) is 15.4. The average Bonchev–Trinajstić information content (AvgIpc) is 3.14. The molecule has 5 nitrogen and oxygen atoms in total. The number of rotatable bonds is 8. The van der Waals surface area contributed by atoms with Crippen molar-refractivity contribution in [2.75, 3.05) is 13.2 Å². The zero-order chi connectivity index (χ0) is 18.4. The first kappa shape index (κ1) is 19.0. The van der Waals surface area contributed by atoms with E-state index >= 15 is 0 Å². The van der Waals surface area contributed by atoms with Crippen LogP contribution in [0.15, 0.2) is 53.4 Å². The minimum atomic E-state index is -3.48. The summed E-state index contributed by atoms with van der Waals surface area (Å²) in [6.45, 7) is 4.61. The minimum Gasteiger partial charge on any atom is -0.377 e. The minimum absolute atomic E-state index is 0.00475. The third kappa shape index (κ3) is 5.38. The fourth-order valence-electron chi connectivity index (χ4n) is 3.05. The molecule has 0 saturated carbocycles. The van der Waals surface area contributed by atoms with Gasteiger partial charge in [-0.25, -0.2) is 13.1 Å². The van der Waals surface area contributed by atoms with E-state index in [1.165, 1.54) is 11.1 Å². The van der Waals surface area contributed by atoms with Crippen molar-refractivity contribution < 1.29 is 13.2 Å². The van der Waals surface area contributed by atoms with Crippen molar-refractivity contribution in [1.29, 1.82) is 0 Å². The first-order valence-corrected chi connectivity index (χ1v) is 10.5. The van der Waals surface area contributed by atoms with E-state index in [-0.39, 0.29) is 11.0 Å². The summed E-state index contributed by atoms with van der Waals surface area (Å²) in [6.07, 6.45) is 1.90. The van der Waals surface area contributed by atoms with Crippen LogP contribution < -0.4 is 10.0 Å². The van der Waals surface area contributed by atoms with Gasteiger partial charge in [0, 0.05) is 26.2 Å². The van der Waals surface area contributed by atoms with E-state index in [0.717, 1.165) is 31.6 Å². The molecule has 0 radical (unpaired) electrons. The van der Waals surface area contributed by atoms with Gasteiger partial charge < -0.3 is 10.1 Å². The standard InChI is InChI=1S/C20H26N2O3S/c1-16-4-2-5-18(12-16)14-21-13-17-7-9-20(10-8-17)26(23,24)22-15-19-6-3-11-25-19/h2,4-5,7-10,12,19,21-22H,3,6,11,13-15H2,1H3. The SMILES string of the molecule is Cc1cccc(CNCc2ccc(S(=O)(=O)NCC3CCCO3)cc2)c1. The van der Waals surface area contributed by atoms with Crippen LogP contribution in [0.5, 0.6) is 0 Å². The summed E-state index contributed by atoms with van der Waals surface area (Å²) < 4.78 is 32.8. The van der Waals surface area contributed by atoms with Crippen molar-refractivity contribution in [3.05, 3.63) is 65.2 Å². The monoisotopic (exact) mass is 374 g/mol. The van der Waals surface area contributed by atoms with Gasteiger partial charge >= 0.3 is 0 Å². The second kappa shape index (κ2) is 8.77. The number of ether oxygens (including phenoxy) is 1. The highest BCUT2D eigenvalue weighted by atomic mass is 32.2. The fraction of sp³-hybridized carbons (Fsp3) is 0.400. The molecule has 2 aromatic rings. The molecule has 26 heavy (non-hydrogen) atoms. The van der Waals surface area contributed by atoms with Crippen molar-refractivity contribution in [2.24, 2.45) is 0 Å². The van der Waals surface area contributed by atoms with Crippen LogP contribution in [0, 0.1) is 6.92 Å². The summed E-state index contributed by atoms with van der Waals surface area (Å²) >= 11 is 0. The van der Waals surface area contributed by atoms with Crippen LogP contribution in [-0.4, -0.2) is 27.7 Å². The van der Waals surface area contributed by atoms with Gasteiger partial charge in [0.15, 0.2) is 0 Å². The molecule has 1 saturated heterocycles. The summed E-state index contributed by atoms with van der Waals surface area (Å²) in [5.41, 5.74) is 3.53. The van der Waals surface area contributed by atoms with Crippen LogP contribution in [0.3, 0.4) is 0 Å². The molecule has 1 atom stereocenters. The maximum absolute atomic E-state index is 12.3. The maximum Gasteiger partial charge on any atom is 0.240 e. The van der Waals surface area contributed by atoms with E-state index in [2.05, 4.69) is 41.2 Å². The summed E-state index contributed by atoms with van der Waals surface area (Å²) in [7, 11) is -3.48. The zero-order valence-electron chi connectivity index (χ0n) is 15.1. The zero-order valence-corrected chi connectivity index (χ0v) is 15.9. The van der Waals surface area contributed by atoms with Crippen LogP contribution in [0.4, 0.5) is 0 Å². The number of hydrogen-bond donors (Lipinski definition) is 2. The number of nitrogens with one attached hydrogen (secondary N) is 2. The van der Waals surface area contributed by atoms with Gasteiger partial charge in [-0.2, -0.15) is 0 Å². The molecule has 140 valence electrons. The predicted molar refractivity (Wildman–Crippen MR) is 102 cm³/mol. The van der Waals surface area contributed by atoms with Crippen molar-refractivity contribution in [3.8, 4) is 0 Å². The Labute approximate surface area is 155 Å². The van der Waals surface area contributed by atoms with Gasteiger partial charge in [0.25, 0.3) is 0 Å². The van der Waals surface area contributed by atoms with Gasteiger partial charge in [-0.3, -0.25) is 0 Å². The lowest BCUT2D eigenvalue weighted by Crippen LogP contribution is -2.31. The molecular formula is C20H26N2O3S. The Morgan fingerprint density at radius 2 is 1.85 bits per heavy atom. The molecule has 1 aliphatic rings. The summed E-state index contributed by atoms with van der Waals surface area (Å²) in [5, 5.41) is 3.38. The highest BCUT2D eigenvalue weighted by Crippen LogP contribution is 2.14. The Kier molecular flexibility index (Phi) is 6.43. The predicted octanol–water partition coefficient (Wildman–Crippen LogP) is 2.74. The molecule has 1 heterocycles. The van der Waals surface area contributed by atoms with Crippen LogP contribution in [-0.2, 0) is 27.8 Å². The van der Waals surface area contributed by atoms with E-state index < -0.39 is 10.0 Å². The quantitative estimate of drug-likeness (QED) is 0.746. The van der Waals surface area contributed by atoms with Gasteiger partial charge in [0.05, 0.1) is 11.0 Å². The number of benzene rings is 2. The molecule has 0 amide bonds. The normalized spacial score (nSPS) is 17.5. The van der Waals surface area contributed by atoms with Crippen LogP contribution in [0.25, 0.3) is 0 Å². The topological polar surface area (TPSA) is 67.4 Å². The molecule has 0 bridgehead atoms. The van der Waals surface area contributed by atoms with Gasteiger partial charge in [0.2, 0.25) is 10.0 Å². The van der Waals surface area contributed by atoms with E-state index in [9.17, 15) is 8.42 Å². The smallest absolute Gasteiger partial charge is 0.240 e. The Morgan fingerprint density at radius 1 is 1.08 bits per heavy atom. The van der Waals surface area contributed by atoms with Gasteiger partial charge in [0.1, 0.15) is 0 Å². The lowest BCUT2D eigenvalue weighted by atomic mass is 10.1. The molecular weight excluding hydrogens is 348 g/mol. The summed E-state index contributed by atoms with van der Waals surface area (Å²) in [4.78, 5) is 0.290. The number of aryl methyl sites for hydroxylation is 1. The molecule has 6 heteroatoms. The van der Waals surface area contributed by atoms with E-state index in [0.29, 0.717) is 13.1 Å². The van der Waals surface area contributed by atoms with Crippen LogP contribution >= 0.6 is 0 Å². The molecule has 0 aromatic heterocycles. The third-order valence-electron chi connectivity index (χ3n) is 4.50. The van der Waals surface area contributed by atoms with Crippen molar-refractivity contribution in [3.63, 3.8) is 0 Å². The maximum atomic E-state index is 12.3. The lowest BCUT2D eigenvalue weighted by molar-refractivity contribution is 0.114. The Balaban J connectivity index is 1.50. The first-order chi connectivity index (χ1) is 12.5. The second-order valence-corrected chi connectivity index (χ2v) is 8.49. The van der Waals surface area contributed by atoms with E-state index in [4.69, 9.17) is 4.74 Å². The molecule has 1 aliphatic heterocycles. The highest BCUT2D eigenvalue weighted by molar-refractivity contribution is 7.89. The van der Waals surface area contributed by atoms with E-state index in [1.54, 1.807) is 12.1 Å². The van der Waals surface area contributed by atoms with Crippen LogP contribution in [0.2, 0.25) is 0 Å².